The van der Waals surface area contributed by atoms with Crippen molar-refractivity contribution in [2.75, 3.05) is 12.3 Å². The van der Waals surface area contributed by atoms with Crippen molar-refractivity contribution in [2.24, 2.45) is 0 Å². The predicted octanol–water partition coefficient (Wildman–Crippen LogP) is -3.98. The van der Waals surface area contributed by atoms with E-state index in [0.717, 1.165) is 4.90 Å². The second kappa shape index (κ2) is 5.87. The summed E-state index contributed by atoms with van der Waals surface area (Å²) < 4.78 is 20.2. The molecule has 0 N–H and O–H groups in total. The van der Waals surface area contributed by atoms with Gasteiger partial charge in [0.15, 0.2) is 0 Å². The molecule has 5 nitrogen and oxygen atoms in total. The third-order valence-corrected chi connectivity index (χ3v) is 2.15. The zero-order chi connectivity index (χ0) is 9.14. The normalized spacial score (nSPS) is 18.7. The molecule has 1 aliphatic rings. The van der Waals surface area contributed by atoms with Gasteiger partial charge < -0.3 is 4.55 Å². The maximum Gasteiger partial charge on any atom is 1.00 e. The Bertz CT molecular complexity index is 229. The molecule has 1 rings (SSSR count). The summed E-state index contributed by atoms with van der Waals surface area (Å²) in [5.74, 6) is -0.715. The molecule has 0 aliphatic carbocycles. The van der Waals surface area contributed by atoms with Gasteiger partial charge in [-0.25, -0.2) is 0 Å². The van der Waals surface area contributed by atoms with Crippen LogP contribution in [0, 0.1) is 0 Å². The third kappa shape index (κ3) is 3.86. The van der Waals surface area contributed by atoms with Crippen molar-refractivity contribution >= 4 is 22.9 Å². The molecule has 7 heteroatoms. The van der Waals surface area contributed by atoms with E-state index in [4.69, 9.17) is 0 Å². The van der Waals surface area contributed by atoms with E-state index in [2.05, 4.69) is 0 Å². The van der Waals surface area contributed by atoms with E-state index in [9.17, 15) is 18.4 Å². The minimum Gasteiger partial charge on any atom is -0.772 e. The van der Waals surface area contributed by atoms with Gasteiger partial charge in [0, 0.05) is 25.1 Å². The molecule has 0 aromatic carbocycles. The van der Waals surface area contributed by atoms with Gasteiger partial charge in [0.2, 0.25) is 11.8 Å². The Morgan fingerprint density at radius 3 is 2.15 bits per heavy atom. The summed E-state index contributed by atoms with van der Waals surface area (Å²) in [5, 5.41) is 0. The van der Waals surface area contributed by atoms with Crippen molar-refractivity contribution in [3.63, 3.8) is 0 Å². The summed E-state index contributed by atoms with van der Waals surface area (Å²) in [4.78, 5) is 22.8. The van der Waals surface area contributed by atoms with E-state index in [0.29, 0.717) is 0 Å². The number of hydrogen-bond donors (Lipinski definition) is 0. The van der Waals surface area contributed by atoms with Crippen LogP contribution in [0.5, 0.6) is 0 Å². The molecule has 1 unspecified atom stereocenters. The average Bonchev–Trinajstić information content (AvgIpc) is 2.28. The van der Waals surface area contributed by atoms with Crippen molar-refractivity contribution in [2.45, 2.75) is 12.8 Å². The maximum absolute atomic E-state index is 10.9. The molecule has 0 saturated carbocycles. The number of amides is 2. The molecule has 0 aromatic rings. The van der Waals surface area contributed by atoms with Crippen LogP contribution in [0.15, 0.2) is 0 Å². The van der Waals surface area contributed by atoms with Crippen molar-refractivity contribution in [3.8, 4) is 0 Å². The standard InChI is InChI=1S/C6H9NO4S.Na/c8-5-1-2-6(9)7(5)3-4-12(10)11;/h1-4H2,(H,10,11);/q;+1/p-1. The maximum atomic E-state index is 10.9. The van der Waals surface area contributed by atoms with Gasteiger partial charge in [0.1, 0.15) is 0 Å². The van der Waals surface area contributed by atoms with Gasteiger partial charge in [0.05, 0.1) is 0 Å². The first-order valence-corrected chi connectivity index (χ1v) is 4.74. The molecule has 1 atom stereocenters. The van der Waals surface area contributed by atoms with E-state index in [1.165, 1.54) is 0 Å². The molecule has 0 spiro atoms. The summed E-state index contributed by atoms with van der Waals surface area (Å²) in [6, 6.07) is 0. The van der Waals surface area contributed by atoms with Crippen LogP contribution in [0.1, 0.15) is 12.8 Å². The molecule has 2 amide bonds. The molecule has 1 saturated heterocycles. The van der Waals surface area contributed by atoms with Crippen LogP contribution in [0.2, 0.25) is 0 Å². The third-order valence-electron chi connectivity index (χ3n) is 1.64. The number of likely N-dealkylation sites (tertiary alicyclic amines) is 1. The Balaban J connectivity index is 0.00000144. The summed E-state index contributed by atoms with van der Waals surface area (Å²) in [6.45, 7) is -0.00617. The Morgan fingerprint density at radius 1 is 1.31 bits per heavy atom. The molecule has 13 heavy (non-hydrogen) atoms. The fourth-order valence-corrected chi connectivity index (χ4v) is 1.37. The fraction of sp³-hybridized carbons (Fsp3) is 0.667. The molecule has 1 fully saturated rings. The van der Waals surface area contributed by atoms with Gasteiger partial charge in [-0.2, -0.15) is 0 Å². The molecule has 0 aromatic heterocycles. The molecular weight excluding hydrogens is 205 g/mol. The van der Waals surface area contributed by atoms with Crippen LogP contribution < -0.4 is 29.6 Å². The smallest absolute Gasteiger partial charge is 0.772 e. The number of hydrogen-bond acceptors (Lipinski definition) is 4. The summed E-state index contributed by atoms with van der Waals surface area (Å²) in [5.41, 5.74) is 0. The monoisotopic (exact) mass is 213 g/mol. The fourth-order valence-electron chi connectivity index (χ4n) is 1.04. The zero-order valence-corrected chi connectivity index (χ0v) is 10.1. The van der Waals surface area contributed by atoms with Gasteiger partial charge in [-0.1, -0.05) is 11.1 Å². The first-order chi connectivity index (χ1) is 5.61. The van der Waals surface area contributed by atoms with Gasteiger partial charge in [0.25, 0.3) is 0 Å². The van der Waals surface area contributed by atoms with Crippen LogP contribution >= 0.6 is 0 Å². The van der Waals surface area contributed by atoms with Gasteiger partial charge in [-0.3, -0.25) is 18.7 Å². The number of carbonyl (C=O) groups is 2. The molecule has 1 aliphatic heterocycles. The van der Waals surface area contributed by atoms with E-state index in [1.807, 2.05) is 0 Å². The van der Waals surface area contributed by atoms with E-state index in [1.54, 1.807) is 0 Å². The largest absolute Gasteiger partial charge is 1.00 e. The predicted molar refractivity (Wildman–Crippen MR) is 39.7 cm³/mol. The van der Waals surface area contributed by atoms with Crippen LogP contribution in [0.25, 0.3) is 0 Å². The quantitative estimate of drug-likeness (QED) is 0.272. The van der Waals surface area contributed by atoms with E-state index < -0.39 is 11.1 Å². The first kappa shape index (κ1) is 13.2. The second-order valence-electron chi connectivity index (χ2n) is 2.45. The minimum atomic E-state index is -2.19. The van der Waals surface area contributed by atoms with E-state index >= 15 is 0 Å². The van der Waals surface area contributed by atoms with Crippen molar-refractivity contribution in [3.05, 3.63) is 0 Å². The number of nitrogens with zero attached hydrogens (tertiary/aromatic N) is 1. The summed E-state index contributed by atoms with van der Waals surface area (Å²) in [7, 11) is 0. The number of carbonyl (C=O) groups excluding carboxylic acids is 2. The summed E-state index contributed by atoms with van der Waals surface area (Å²) >= 11 is -2.19. The van der Waals surface area contributed by atoms with Crippen molar-refractivity contribution in [1.29, 1.82) is 0 Å². The van der Waals surface area contributed by atoms with Crippen molar-refractivity contribution < 1.29 is 47.9 Å². The Labute approximate surface area is 100 Å². The van der Waals surface area contributed by atoms with Gasteiger partial charge >= 0.3 is 29.6 Å². The van der Waals surface area contributed by atoms with Crippen LogP contribution in [-0.2, 0) is 20.7 Å². The molecule has 0 radical (unpaired) electrons. The molecule has 0 bridgehead atoms. The molecule has 1 heterocycles. The second-order valence-corrected chi connectivity index (χ2v) is 3.46. The average molecular weight is 213 g/mol. The summed E-state index contributed by atoms with van der Waals surface area (Å²) in [6.07, 6.45) is 0.425. The SMILES string of the molecule is O=C1CCC(=O)N1CCS(=O)[O-].[Na+]. The van der Waals surface area contributed by atoms with Gasteiger partial charge in [-0.15, -0.1) is 0 Å². The minimum absolute atomic E-state index is 0. The Kier molecular flexibility index (Phi) is 5.98. The van der Waals surface area contributed by atoms with Crippen LogP contribution in [0.3, 0.4) is 0 Å². The number of imide groups is 1. The Morgan fingerprint density at radius 2 is 1.77 bits per heavy atom. The Hall–Kier alpha value is 0.250. The van der Waals surface area contributed by atoms with Crippen LogP contribution in [-0.4, -0.2) is 37.8 Å². The van der Waals surface area contributed by atoms with E-state index in [-0.39, 0.29) is 66.5 Å². The topological polar surface area (TPSA) is 77.5 Å². The molecule has 68 valence electrons. The van der Waals surface area contributed by atoms with Crippen molar-refractivity contribution in [1.82, 2.24) is 4.90 Å². The van der Waals surface area contributed by atoms with Crippen LogP contribution in [0.4, 0.5) is 0 Å². The number of rotatable bonds is 3. The molecular formula is C6H8NNaO4S. The zero-order valence-electron chi connectivity index (χ0n) is 7.32. The van der Waals surface area contributed by atoms with Gasteiger partial charge in [-0.05, 0) is 0 Å². The first-order valence-electron chi connectivity index (χ1n) is 3.50.